The highest BCUT2D eigenvalue weighted by Crippen LogP contribution is 2.24. The van der Waals surface area contributed by atoms with E-state index in [1.807, 2.05) is 37.3 Å². The Kier molecular flexibility index (Phi) is 4.78. The van der Waals surface area contributed by atoms with Gasteiger partial charge in [0.1, 0.15) is 0 Å². The van der Waals surface area contributed by atoms with E-state index in [2.05, 4.69) is 5.32 Å². The van der Waals surface area contributed by atoms with Gasteiger partial charge in [-0.05, 0) is 18.1 Å². The second kappa shape index (κ2) is 6.76. The van der Waals surface area contributed by atoms with E-state index in [0.717, 1.165) is 11.6 Å². The second-order valence-corrected chi connectivity index (χ2v) is 4.87. The summed E-state index contributed by atoms with van der Waals surface area (Å²) in [7, 11) is 0. The van der Waals surface area contributed by atoms with Crippen molar-refractivity contribution >= 4 is 17.6 Å². The quantitative estimate of drug-likeness (QED) is 0.887. The first-order valence-corrected chi connectivity index (χ1v) is 6.93. The van der Waals surface area contributed by atoms with Crippen molar-refractivity contribution in [3.63, 3.8) is 0 Å². The zero-order chi connectivity index (χ0) is 16.1. The van der Waals surface area contributed by atoms with Crippen molar-refractivity contribution in [3.8, 4) is 5.75 Å². The highest BCUT2D eigenvalue weighted by molar-refractivity contribution is 6.02. The van der Waals surface area contributed by atoms with Crippen LogP contribution in [0, 0.1) is 0 Å². The average molecular weight is 298 g/mol. The molecule has 2 aromatic rings. The van der Waals surface area contributed by atoms with E-state index in [-0.39, 0.29) is 23.1 Å². The molecule has 0 aliphatic carbocycles. The number of hydrogen-bond acceptors (Lipinski definition) is 3. The molecule has 114 valence electrons. The van der Waals surface area contributed by atoms with Crippen molar-refractivity contribution in [1.82, 2.24) is 0 Å². The highest BCUT2D eigenvalue weighted by atomic mass is 16.4. The molecule has 0 unspecified atom stereocenters. The van der Waals surface area contributed by atoms with Gasteiger partial charge in [0, 0.05) is 0 Å². The number of carbonyl (C=O) groups is 2. The van der Waals surface area contributed by atoms with E-state index < -0.39 is 11.7 Å². The van der Waals surface area contributed by atoms with Crippen LogP contribution in [0.2, 0.25) is 0 Å². The third kappa shape index (κ3) is 3.44. The number of carboxylic acid groups (broad SMARTS) is 1. The van der Waals surface area contributed by atoms with Gasteiger partial charge in [0.15, 0.2) is 0 Å². The number of aromatic carboxylic acids is 1. The van der Waals surface area contributed by atoms with Crippen LogP contribution in [0.3, 0.4) is 0 Å². The molecule has 0 fully saturated rings. The molecule has 2 aromatic carbocycles. The Morgan fingerprint density at radius 3 is 2.45 bits per heavy atom. The van der Waals surface area contributed by atoms with Crippen molar-refractivity contribution in [2.75, 3.05) is 5.32 Å². The van der Waals surface area contributed by atoms with Gasteiger partial charge in [0.25, 0.3) is 0 Å². The summed E-state index contributed by atoms with van der Waals surface area (Å²) in [6, 6.07) is 12.8. The molecule has 0 spiro atoms. The summed E-state index contributed by atoms with van der Waals surface area (Å²) >= 11 is 0. The number of carboxylic acids is 1. The number of nitrogens with one attached hydrogen (secondary N) is 1. The Morgan fingerprint density at radius 1 is 1.18 bits per heavy atom. The molecule has 0 aliphatic heterocycles. The Balaban J connectivity index is 2.26. The van der Waals surface area contributed by atoms with Crippen LogP contribution in [-0.4, -0.2) is 17.0 Å². The lowest BCUT2D eigenvalue weighted by molar-refractivity contribution is -0.268. The molecule has 2 rings (SSSR count). The monoisotopic (exact) mass is 298 g/mol. The van der Waals surface area contributed by atoms with Crippen molar-refractivity contribution in [2.45, 2.75) is 19.3 Å². The van der Waals surface area contributed by atoms with E-state index >= 15 is 0 Å². The predicted octanol–water partition coefficient (Wildman–Crippen LogP) is 2.59. The summed E-state index contributed by atoms with van der Waals surface area (Å²) in [5.41, 5.74) is 0.787. The minimum absolute atomic E-state index is 0.131. The summed E-state index contributed by atoms with van der Waals surface area (Å²) in [4.78, 5) is 23.6. The Hall–Kier alpha value is -2.82. The number of rotatable bonds is 5. The lowest BCUT2D eigenvalue weighted by Crippen LogP contribution is -2.22. The molecule has 22 heavy (non-hydrogen) atoms. The van der Waals surface area contributed by atoms with Crippen molar-refractivity contribution in [1.29, 1.82) is 0 Å². The molecular formula is C17H16NO4-. The molecule has 1 amide bonds. The molecule has 0 bridgehead atoms. The first kappa shape index (κ1) is 15.6. The molecule has 0 radical (unpaired) electrons. The van der Waals surface area contributed by atoms with E-state index in [0.29, 0.717) is 6.42 Å². The first-order chi connectivity index (χ1) is 10.5. The number of hydrogen-bond donors (Lipinski definition) is 2. The summed E-state index contributed by atoms with van der Waals surface area (Å²) in [6.07, 6.45) is 0.581. The molecular weight excluding hydrogens is 282 g/mol. The molecule has 5 nitrogen and oxygen atoms in total. The topological polar surface area (TPSA) is 89.5 Å². The Morgan fingerprint density at radius 2 is 1.86 bits per heavy atom. The standard InChI is InChI=1S/C17H17NO4/c1-2-13(11-6-4-3-5-7-11)16(20)18-15-9-8-12(19)10-14(15)17(21)22/h3-10,13,19H,2H2,1H3,(H,18,20)(H,21,22)/p-1/t13-/m0/s1. The molecule has 0 saturated carbocycles. The zero-order valence-electron chi connectivity index (χ0n) is 12.1. The number of carbonyl (C=O) groups excluding carboxylic acids is 1. The maximum Gasteiger partial charge on any atom is 0.337 e. The lowest BCUT2D eigenvalue weighted by Gasteiger charge is -2.17. The molecule has 0 heterocycles. The minimum Gasteiger partial charge on any atom is -0.872 e. The first-order valence-electron chi connectivity index (χ1n) is 6.93. The molecule has 5 heteroatoms. The van der Waals surface area contributed by atoms with Gasteiger partial charge in [-0.15, -0.1) is 5.75 Å². The van der Waals surface area contributed by atoms with Gasteiger partial charge in [0.05, 0.1) is 17.2 Å². The van der Waals surface area contributed by atoms with Gasteiger partial charge >= 0.3 is 5.97 Å². The largest absolute Gasteiger partial charge is 0.872 e. The molecule has 1 atom stereocenters. The van der Waals surface area contributed by atoms with E-state index in [4.69, 9.17) is 5.11 Å². The molecule has 0 saturated heterocycles. The van der Waals surface area contributed by atoms with Gasteiger partial charge in [-0.1, -0.05) is 49.4 Å². The molecule has 0 aliphatic rings. The van der Waals surface area contributed by atoms with Crippen molar-refractivity contribution < 1.29 is 19.8 Å². The fraction of sp³-hybridized carbons (Fsp3) is 0.176. The smallest absolute Gasteiger partial charge is 0.337 e. The normalized spacial score (nSPS) is 11.7. The van der Waals surface area contributed by atoms with Gasteiger partial charge in [-0.25, -0.2) is 4.79 Å². The van der Waals surface area contributed by atoms with Crippen LogP contribution >= 0.6 is 0 Å². The number of benzene rings is 2. The van der Waals surface area contributed by atoms with Crippen LogP contribution in [0.15, 0.2) is 48.5 Å². The Bertz CT molecular complexity index is 682. The maximum absolute atomic E-state index is 12.4. The van der Waals surface area contributed by atoms with Crippen molar-refractivity contribution in [3.05, 3.63) is 59.7 Å². The van der Waals surface area contributed by atoms with E-state index in [9.17, 15) is 14.7 Å². The van der Waals surface area contributed by atoms with E-state index in [1.165, 1.54) is 12.1 Å². The van der Waals surface area contributed by atoms with Crippen LogP contribution in [0.4, 0.5) is 5.69 Å². The molecule has 2 N–H and O–H groups in total. The average Bonchev–Trinajstić information content (AvgIpc) is 2.50. The summed E-state index contributed by atoms with van der Waals surface area (Å²) in [6.45, 7) is 1.89. The predicted molar refractivity (Wildman–Crippen MR) is 81.0 cm³/mol. The maximum atomic E-state index is 12.4. The van der Waals surface area contributed by atoms with Crippen molar-refractivity contribution in [2.24, 2.45) is 0 Å². The van der Waals surface area contributed by atoms with E-state index in [1.54, 1.807) is 0 Å². The third-order valence-electron chi connectivity index (χ3n) is 3.41. The van der Waals surface area contributed by atoms with Gasteiger partial charge in [-0.2, -0.15) is 0 Å². The van der Waals surface area contributed by atoms with Crippen LogP contribution in [0.5, 0.6) is 5.75 Å². The SMILES string of the molecule is CC[C@H](C(=O)Nc1ccc([O-])cc1C(=O)O)c1ccccc1. The van der Waals surface area contributed by atoms with Gasteiger partial charge < -0.3 is 15.5 Å². The number of amides is 1. The Labute approximate surface area is 128 Å². The highest BCUT2D eigenvalue weighted by Gasteiger charge is 2.20. The fourth-order valence-electron chi connectivity index (χ4n) is 2.29. The number of anilines is 1. The second-order valence-electron chi connectivity index (χ2n) is 4.87. The summed E-state index contributed by atoms with van der Waals surface area (Å²) in [5.74, 6) is -2.34. The summed E-state index contributed by atoms with van der Waals surface area (Å²) < 4.78 is 0. The fourth-order valence-corrected chi connectivity index (χ4v) is 2.29. The zero-order valence-corrected chi connectivity index (χ0v) is 12.1. The van der Waals surface area contributed by atoms with Crippen LogP contribution in [0.1, 0.15) is 35.2 Å². The molecule has 0 aromatic heterocycles. The summed E-state index contributed by atoms with van der Waals surface area (Å²) in [5, 5.41) is 23.0. The van der Waals surface area contributed by atoms with Gasteiger partial charge in [0.2, 0.25) is 5.91 Å². The lowest BCUT2D eigenvalue weighted by atomic mass is 9.95. The van der Waals surface area contributed by atoms with Gasteiger partial charge in [-0.3, -0.25) is 4.79 Å². The van der Waals surface area contributed by atoms with Crippen LogP contribution in [-0.2, 0) is 4.79 Å². The van der Waals surface area contributed by atoms with Crippen LogP contribution < -0.4 is 10.4 Å². The minimum atomic E-state index is -1.25. The van der Waals surface area contributed by atoms with Crippen LogP contribution in [0.25, 0.3) is 0 Å². The third-order valence-corrected chi connectivity index (χ3v) is 3.41.